The van der Waals surface area contributed by atoms with Crippen molar-refractivity contribution in [1.82, 2.24) is 19.1 Å². The molecule has 0 aliphatic heterocycles. The van der Waals surface area contributed by atoms with E-state index in [0.717, 1.165) is 55.3 Å². The Balaban J connectivity index is 1.24. The summed E-state index contributed by atoms with van der Waals surface area (Å²) in [4.78, 5) is 14.0. The molecule has 6 heteroatoms. The zero-order valence-corrected chi connectivity index (χ0v) is 28.8. The van der Waals surface area contributed by atoms with Crippen molar-refractivity contribution in [2.45, 2.75) is 0 Å². The highest BCUT2D eigenvalue weighted by molar-refractivity contribution is 6.26. The van der Waals surface area contributed by atoms with E-state index in [2.05, 4.69) is 98.9 Å². The number of nitriles is 1. The molecule has 0 aliphatic carbocycles. The second-order valence-electron chi connectivity index (χ2n) is 13.2. The van der Waals surface area contributed by atoms with Gasteiger partial charge in [0.15, 0.2) is 5.82 Å². The SMILES string of the molecule is [C-]#[N+]c1cc(-c2nc(-c3ccccc3)nc(-c3ccccc3)c2C#N)ccc1-n1c2ccccc2c2c1ccc1c3ccccc3n(-c3ccccc3)c12. The molecule has 0 atom stereocenters. The van der Waals surface area contributed by atoms with Crippen LogP contribution in [0.25, 0.3) is 93.7 Å². The summed E-state index contributed by atoms with van der Waals surface area (Å²) >= 11 is 0. The molecule has 7 aromatic carbocycles. The zero-order chi connectivity index (χ0) is 36.2. The number of hydrogen-bond donors (Lipinski definition) is 0. The van der Waals surface area contributed by atoms with Gasteiger partial charge in [-0.1, -0.05) is 127 Å². The van der Waals surface area contributed by atoms with Crippen LogP contribution in [0.3, 0.4) is 0 Å². The molecule has 0 amide bonds. The molecule has 0 fully saturated rings. The fraction of sp³-hybridized carbons (Fsp3) is 0. The van der Waals surface area contributed by atoms with Crippen LogP contribution in [0.5, 0.6) is 0 Å². The number of hydrogen-bond acceptors (Lipinski definition) is 3. The van der Waals surface area contributed by atoms with Gasteiger partial charge in [-0.2, -0.15) is 5.26 Å². The predicted octanol–water partition coefficient (Wildman–Crippen LogP) is 12.1. The molecule has 10 aromatic rings. The van der Waals surface area contributed by atoms with E-state index in [1.54, 1.807) is 0 Å². The number of fused-ring (bicyclic) bond motifs is 7. The Bertz CT molecular complexity index is 3160. The lowest BCUT2D eigenvalue weighted by Crippen LogP contribution is -2.01. The van der Waals surface area contributed by atoms with E-state index in [9.17, 15) is 5.26 Å². The number of para-hydroxylation sites is 3. The summed E-state index contributed by atoms with van der Waals surface area (Å²) in [6.45, 7) is 8.47. The van der Waals surface area contributed by atoms with Crippen molar-refractivity contribution >= 4 is 49.3 Å². The minimum Gasteiger partial charge on any atom is -0.319 e. The molecule has 0 spiro atoms. The van der Waals surface area contributed by atoms with Gasteiger partial charge >= 0.3 is 0 Å². The van der Waals surface area contributed by atoms with Crippen molar-refractivity contribution in [2.75, 3.05) is 0 Å². The molecule has 0 unspecified atom stereocenters. The number of nitrogens with zero attached hydrogens (tertiary/aromatic N) is 6. The standard InChI is InChI=1S/C48H28N6/c1-50-39-29-33(46-38(30-49)45(31-15-5-2-6-16-31)51-48(52-46)32-17-7-3-8-18-32)25-27-42(39)54-41-24-14-12-22-37(41)44-43(54)28-26-36-35-21-11-13-23-40(35)53(47(36)44)34-19-9-4-10-20-34/h2-29H. The summed E-state index contributed by atoms with van der Waals surface area (Å²) in [6.07, 6.45) is 0. The van der Waals surface area contributed by atoms with Crippen LogP contribution in [0.15, 0.2) is 170 Å². The van der Waals surface area contributed by atoms with Crippen molar-refractivity contribution < 1.29 is 0 Å². The summed E-state index contributed by atoms with van der Waals surface area (Å²) in [5.41, 5.74) is 10.3. The van der Waals surface area contributed by atoms with Crippen LogP contribution in [0, 0.1) is 17.9 Å². The van der Waals surface area contributed by atoms with E-state index in [1.165, 1.54) is 10.8 Å². The van der Waals surface area contributed by atoms with Crippen molar-refractivity contribution in [2.24, 2.45) is 0 Å². The summed E-state index contributed by atoms with van der Waals surface area (Å²) < 4.78 is 4.56. The molecule has 54 heavy (non-hydrogen) atoms. The van der Waals surface area contributed by atoms with Crippen LogP contribution < -0.4 is 0 Å². The van der Waals surface area contributed by atoms with Gasteiger partial charge in [0.05, 0.1) is 45.7 Å². The molecular weight excluding hydrogens is 661 g/mol. The van der Waals surface area contributed by atoms with Crippen LogP contribution in [0.1, 0.15) is 5.56 Å². The lowest BCUT2D eigenvalue weighted by Gasteiger charge is -2.15. The highest BCUT2D eigenvalue weighted by atomic mass is 15.0. The molecule has 3 aromatic heterocycles. The first-order valence-electron chi connectivity index (χ1n) is 17.7. The van der Waals surface area contributed by atoms with Gasteiger partial charge in [0.1, 0.15) is 11.6 Å². The van der Waals surface area contributed by atoms with Gasteiger partial charge in [-0.15, -0.1) is 0 Å². The molecule has 0 aliphatic rings. The second-order valence-corrected chi connectivity index (χ2v) is 13.2. The van der Waals surface area contributed by atoms with Crippen molar-refractivity contribution in [1.29, 1.82) is 5.26 Å². The zero-order valence-electron chi connectivity index (χ0n) is 28.8. The van der Waals surface area contributed by atoms with Crippen LogP contribution in [-0.2, 0) is 0 Å². The lowest BCUT2D eigenvalue weighted by atomic mass is 9.99. The largest absolute Gasteiger partial charge is 0.319 e. The molecule has 250 valence electrons. The van der Waals surface area contributed by atoms with Crippen molar-refractivity contribution in [3.63, 3.8) is 0 Å². The Hall–Kier alpha value is -7.80. The van der Waals surface area contributed by atoms with Gasteiger partial charge in [-0.25, -0.2) is 14.8 Å². The lowest BCUT2D eigenvalue weighted by molar-refractivity contribution is 1.16. The van der Waals surface area contributed by atoms with Gasteiger partial charge in [-0.05, 0) is 48.0 Å². The first-order chi connectivity index (χ1) is 26.7. The Morgan fingerprint density at radius 1 is 0.519 bits per heavy atom. The van der Waals surface area contributed by atoms with E-state index in [4.69, 9.17) is 16.5 Å². The maximum atomic E-state index is 10.6. The molecule has 0 N–H and O–H groups in total. The van der Waals surface area contributed by atoms with E-state index in [0.29, 0.717) is 34.0 Å². The molecule has 0 saturated carbocycles. The summed E-state index contributed by atoms with van der Waals surface area (Å²) in [7, 11) is 0. The summed E-state index contributed by atoms with van der Waals surface area (Å²) in [5, 5.41) is 15.2. The fourth-order valence-corrected chi connectivity index (χ4v) is 7.86. The van der Waals surface area contributed by atoms with E-state index >= 15 is 0 Å². The average Bonchev–Trinajstić information content (AvgIpc) is 3.77. The molecular formula is C48H28N6. The average molecular weight is 689 g/mol. The first kappa shape index (κ1) is 31.0. The van der Waals surface area contributed by atoms with Crippen LogP contribution >= 0.6 is 0 Å². The molecule has 10 rings (SSSR count). The minimum absolute atomic E-state index is 0.359. The van der Waals surface area contributed by atoms with Crippen molar-refractivity contribution in [3.8, 4) is 51.3 Å². The third-order valence-electron chi connectivity index (χ3n) is 10.2. The third-order valence-corrected chi connectivity index (χ3v) is 10.2. The molecule has 0 saturated heterocycles. The quantitative estimate of drug-likeness (QED) is 0.169. The van der Waals surface area contributed by atoms with Gasteiger partial charge in [0, 0.05) is 38.4 Å². The van der Waals surface area contributed by atoms with Crippen LogP contribution in [0.4, 0.5) is 5.69 Å². The Morgan fingerprint density at radius 3 is 1.80 bits per heavy atom. The third kappa shape index (κ3) is 4.72. The molecule has 0 radical (unpaired) electrons. The van der Waals surface area contributed by atoms with Crippen LogP contribution in [-0.4, -0.2) is 19.1 Å². The van der Waals surface area contributed by atoms with Gasteiger partial charge < -0.3 is 9.13 Å². The van der Waals surface area contributed by atoms with Gasteiger partial charge in [-0.3, -0.25) is 0 Å². The molecule has 3 heterocycles. The second kappa shape index (κ2) is 12.5. The smallest absolute Gasteiger partial charge is 0.211 e. The van der Waals surface area contributed by atoms with Crippen LogP contribution in [0.2, 0.25) is 0 Å². The normalized spacial score (nSPS) is 11.3. The summed E-state index contributed by atoms with van der Waals surface area (Å²) in [6, 6.07) is 59.5. The van der Waals surface area contributed by atoms with E-state index < -0.39 is 0 Å². The summed E-state index contributed by atoms with van der Waals surface area (Å²) in [5.74, 6) is 0.511. The number of rotatable bonds is 5. The van der Waals surface area contributed by atoms with Crippen molar-refractivity contribution in [3.05, 3.63) is 187 Å². The maximum Gasteiger partial charge on any atom is 0.211 e. The highest BCUT2D eigenvalue weighted by Gasteiger charge is 2.23. The highest BCUT2D eigenvalue weighted by Crippen LogP contribution is 2.44. The maximum absolute atomic E-state index is 10.6. The topological polar surface area (TPSA) is 63.8 Å². The predicted molar refractivity (Wildman–Crippen MR) is 218 cm³/mol. The fourth-order valence-electron chi connectivity index (χ4n) is 7.86. The van der Waals surface area contributed by atoms with Gasteiger partial charge in [0.25, 0.3) is 0 Å². The van der Waals surface area contributed by atoms with E-state index in [1.807, 2.05) is 91.0 Å². The molecule has 0 bridgehead atoms. The monoisotopic (exact) mass is 688 g/mol. The first-order valence-corrected chi connectivity index (χ1v) is 17.7. The number of aromatic nitrogens is 4. The Morgan fingerprint density at radius 2 is 1.11 bits per heavy atom. The van der Waals surface area contributed by atoms with E-state index in [-0.39, 0.29) is 0 Å². The Labute approximate surface area is 310 Å². The Kier molecular flexibility index (Phi) is 7.15. The minimum atomic E-state index is 0.359. The number of benzene rings is 7. The van der Waals surface area contributed by atoms with Gasteiger partial charge in [0.2, 0.25) is 5.69 Å². The molecule has 6 nitrogen and oxygen atoms in total.